The van der Waals surface area contributed by atoms with Crippen LogP contribution in [0.3, 0.4) is 0 Å². The van der Waals surface area contributed by atoms with Crippen LogP contribution < -0.4 is 10.9 Å². The Morgan fingerprint density at radius 1 is 1.10 bits per heavy atom. The average Bonchev–Trinajstić information content (AvgIpc) is 2.80. The highest BCUT2D eigenvalue weighted by Gasteiger charge is 2.28. The van der Waals surface area contributed by atoms with Crippen LogP contribution in [0.25, 0.3) is 11.0 Å². The number of aromatic nitrogens is 2. The second-order valence-electron chi connectivity index (χ2n) is 7.87. The van der Waals surface area contributed by atoms with Crippen molar-refractivity contribution in [2.45, 2.75) is 33.2 Å². The van der Waals surface area contributed by atoms with E-state index in [1.807, 2.05) is 37.3 Å². The number of hydrogen-bond donors (Lipinski definition) is 1. The van der Waals surface area contributed by atoms with Gasteiger partial charge in [0.2, 0.25) is 5.91 Å². The largest absolute Gasteiger partial charge is 0.339 e. The molecule has 160 valence electrons. The number of benzene rings is 2. The van der Waals surface area contributed by atoms with E-state index < -0.39 is 0 Å². The molecule has 7 heteroatoms. The molecule has 0 spiro atoms. The minimum absolute atomic E-state index is 0.00113. The Morgan fingerprint density at radius 2 is 1.81 bits per heavy atom. The molecule has 1 aromatic heterocycles. The van der Waals surface area contributed by atoms with Crippen LogP contribution in [-0.4, -0.2) is 39.4 Å². The van der Waals surface area contributed by atoms with Gasteiger partial charge < -0.3 is 14.8 Å². The first-order valence-electron chi connectivity index (χ1n) is 10.6. The van der Waals surface area contributed by atoms with Gasteiger partial charge in [0.1, 0.15) is 5.69 Å². The van der Waals surface area contributed by atoms with Crippen LogP contribution in [0.2, 0.25) is 0 Å². The topological polar surface area (TPSA) is 84.3 Å². The Kier molecular flexibility index (Phi) is 5.84. The second kappa shape index (κ2) is 8.71. The number of nitrogens with one attached hydrogen (secondary N) is 1. The van der Waals surface area contributed by atoms with Crippen LogP contribution in [0.1, 0.15) is 35.8 Å². The summed E-state index contributed by atoms with van der Waals surface area (Å²) < 4.78 is 1.67. The third-order valence-electron chi connectivity index (χ3n) is 5.87. The second-order valence-corrected chi connectivity index (χ2v) is 7.87. The number of amides is 2. The summed E-state index contributed by atoms with van der Waals surface area (Å²) in [4.78, 5) is 44.0. The number of rotatable bonds is 4. The summed E-state index contributed by atoms with van der Waals surface area (Å²) in [5.41, 5.74) is 3.02. The number of nitrogens with zero attached hydrogens (tertiary/aromatic N) is 3. The normalized spacial score (nSPS) is 14.6. The Morgan fingerprint density at radius 3 is 2.48 bits per heavy atom. The molecule has 0 aliphatic carbocycles. The molecule has 2 heterocycles. The molecule has 7 nitrogen and oxygen atoms in total. The molecule has 0 saturated carbocycles. The molecule has 2 aromatic carbocycles. The third kappa shape index (κ3) is 4.21. The van der Waals surface area contributed by atoms with E-state index in [9.17, 15) is 14.4 Å². The Bertz CT molecular complexity index is 1180. The van der Waals surface area contributed by atoms with Crippen molar-refractivity contribution in [3.63, 3.8) is 0 Å². The number of likely N-dealkylation sites (tertiary alicyclic amines) is 1. The minimum Gasteiger partial charge on any atom is -0.339 e. The van der Waals surface area contributed by atoms with Gasteiger partial charge in [-0.05, 0) is 57.0 Å². The Hall–Kier alpha value is -3.48. The van der Waals surface area contributed by atoms with Crippen molar-refractivity contribution in [3.05, 3.63) is 70.1 Å². The van der Waals surface area contributed by atoms with Crippen molar-refractivity contribution in [1.29, 1.82) is 0 Å². The summed E-state index contributed by atoms with van der Waals surface area (Å²) in [6.45, 7) is 5.21. The summed E-state index contributed by atoms with van der Waals surface area (Å²) in [6, 6.07) is 14.7. The van der Waals surface area contributed by atoms with Gasteiger partial charge in [0, 0.05) is 36.8 Å². The number of carbonyl (C=O) groups excluding carboxylic acids is 2. The third-order valence-corrected chi connectivity index (χ3v) is 5.87. The van der Waals surface area contributed by atoms with Crippen molar-refractivity contribution in [2.24, 2.45) is 5.92 Å². The zero-order valence-corrected chi connectivity index (χ0v) is 17.8. The SMILES string of the molecule is CCn1c(=O)c(C)nc2cc(C(=O)N3CCC(C(=O)Nc4ccccc4)CC3)ccc21. The molecule has 0 unspecified atom stereocenters. The molecule has 31 heavy (non-hydrogen) atoms. The van der Waals surface area contributed by atoms with Crippen molar-refractivity contribution in [1.82, 2.24) is 14.5 Å². The first-order valence-corrected chi connectivity index (χ1v) is 10.6. The number of hydrogen-bond acceptors (Lipinski definition) is 4. The summed E-state index contributed by atoms with van der Waals surface area (Å²) in [7, 11) is 0. The van der Waals surface area contributed by atoms with Crippen molar-refractivity contribution >= 4 is 28.5 Å². The van der Waals surface area contributed by atoms with E-state index in [0.29, 0.717) is 49.2 Å². The van der Waals surface area contributed by atoms with Crippen molar-refractivity contribution in [2.75, 3.05) is 18.4 Å². The fourth-order valence-electron chi connectivity index (χ4n) is 4.11. The van der Waals surface area contributed by atoms with Gasteiger partial charge in [-0.15, -0.1) is 0 Å². The van der Waals surface area contributed by atoms with Crippen LogP contribution in [0.5, 0.6) is 0 Å². The fraction of sp³-hybridized carbons (Fsp3) is 0.333. The Labute approximate surface area is 180 Å². The van der Waals surface area contributed by atoms with Crippen LogP contribution in [0.4, 0.5) is 5.69 Å². The lowest BCUT2D eigenvalue weighted by Crippen LogP contribution is -2.41. The number of piperidine rings is 1. The molecule has 1 aliphatic rings. The number of carbonyl (C=O) groups is 2. The van der Waals surface area contributed by atoms with E-state index in [0.717, 1.165) is 11.2 Å². The summed E-state index contributed by atoms with van der Waals surface area (Å²) >= 11 is 0. The standard InChI is InChI=1S/C24H26N4O3/c1-3-28-21-10-9-18(15-20(21)25-16(2)23(28)30)24(31)27-13-11-17(12-14-27)22(29)26-19-7-5-4-6-8-19/h4-10,15,17H,3,11-14H2,1-2H3,(H,26,29). The van der Waals surface area contributed by atoms with Gasteiger partial charge in [-0.25, -0.2) is 4.98 Å². The van der Waals surface area contributed by atoms with Gasteiger partial charge in [-0.1, -0.05) is 18.2 Å². The molecule has 3 aromatic rings. The van der Waals surface area contributed by atoms with Gasteiger partial charge in [-0.2, -0.15) is 0 Å². The first kappa shape index (κ1) is 20.8. The quantitative estimate of drug-likeness (QED) is 0.705. The van der Waals surface area contributed by atoms with Gasteiger partial charge in [0.25, 0.3) is 11.5 Å². The van der Waals surface area contributed by atoms with Gasteiger partial charge >= 0.3 is 0 Å². The van der Waals surface area contributed by atoms with E-state index >= 15 is 0 Å². The smallest absolute Gasteiger partial charge is 0.272 e. The maximum absolute atomic E-state index is 13.0. The lowest BCUT2D eigenvalue weighted by atomic mass is 9.95. The summed E-state index contributed by atoms with van der Waals surface area (Å²) in [5.74, 6) is -0.178. The van der Waals surface area contributed by atoms with Gasteiger partial charge in [-0.3, -0.25) is 14.4 Å². The molecular formula is C24H26N4O3. The van der Waals surface area contributed by atoms with Crippen LogP contribution in [0, 0.1) is 12.8 Å². The number of para-hydroxylation sites is 1. The highest BCUT2D eigenvalue weighted by atomic mass is 16.2. The van der Waals surface area contributed by atoms with E-state index in [1.54, 1.807) is 34.6 Å². The van der Waals surface area contributed by atoms with Crippen LogP contribution in [0.15, 0.2) is 53.3 Å². The Balaban J connectivity index is 1.45. The van der Waals surface area contributed by atoms with E-state index in [-0.39, 0.29) is 23.3 Å². The molecule has 2 amide bonds. The maximum Gasteiger partial charge on any atom is 0.272 e. The maximum atomic E-state index is 13.0. The highest BCUT2D eigenvalue weighted by Crippen LogP contribution is 2.22. The molecule has 1 fully saturated rings. The lowest BCUT2D eigenvalue weighted by Gasteiger charge is -2.31. The van der Waals surface area contributed by atoms with E-state index in [4.69, 9.17) is 0 Å². The highest BCUT2D eigenvalue weighted by molar-refractivity contribution is 5.98. The molecule has 0 bridgehead atoms. The molecule has 4 rings (SSSR count). The molecule has 1 N–H and O–H groups in total. The summed E-state index contributed by atoms with van der Waals surface area (Å²) in [5, 5.41) is 2.95. The lowest BCUT2D eigenvalue weighted by molar-refractivity contribution is -0.121. The summed E-state index contributed by atoms with van der Waals surface area (Å²) in [6.07, 6.45) is 1.26. The molecule has 0 atom stereocenters. The predicted octanol–water partition coefficient (Wildman–Crippen LogP) is 3.22. The number of aryl methyl sites for hydroxylation is 2. The molecular weight excluding hydrogens is 392 g/mol. The zero-order valence-electron chi connectivity index (χ0n) is 17.8. The number of anilines is 1. The first-order chi connectivity index (χ1) is 15.0. The minimum atomic E-state index is -0.107. The fourth-order valence-corrected chi connectivity index (χ4v) is 4.11. The van der Waals surface area contributed by atoms with E-state index in [1.165, 1.54) is 0 Å². The van der Waals surface area contributed by atoms with Gasteiger partial charge in [0.15, 0.2) is 0 Å². The van der Waals surface area contributed by atoms with Gasteiger partial charge in [0.05, 0.1) is 11.0 Å². The zero-order chi connectivity index (χ0) is 22.0. The van der Waals surface area contributed by atoms with Crippen LogP contribution in [-0.2, 0) is 11.3 Å². The predicted molar refractivity (Wildman–Crippen MR) is 120 cm³/mol. The van der Waals surface area contributed by atoms with Crippen molar-refractivity contribution in [3.8, 4) is 0 Å². The van der Waals surface area contributed by atoms with Crippen molar-refractivity contribution < 1.29 is 9.59 Å². The monoisotopic (exact) mass is 418 g/mol. The molecule has 0 radical (unpaired) electrons. The van der Waals surface area contributed by atoms with Crippen LogP contribution >= 0.6 is 0 Å². The molecule has 1 aliphatic heterocycles. The number of fused-ring (bicyclic) bond motifs is 1. The van der Waals surface area contributed by atoms with E-state index in [2.05, 4.69) is 10.3 Å². The molecule has 1 saturated heterocycles. The average molecular weight is 418 g/mol.